The largest absolute Gasteiger partial charge is 0.482 e. The van der Waals surface area contributed by atoms with Gasteiger partial charge in [-0.2, -0.15) is 10.5 Å². The van der Waals surface area contributed by atoms with Crippen molar-refractivity contribution in [3.05, 3.63) is 80.2 Å². The Morgan fingerprint density at radius 3 is 2.57 bits per heavy atom. The number of benzene rings is 2. The second-order valence-electron chi connectivity index (χ2n) is 8.54. The van der Waals surface area contributed by atoms with Gasteiger partial charge in [-0.1, -0.05) is 35.4 Å². The SMILES string of the molecule is Cc1ccc(NC(=O)COc2ccc(/C=C(\C#N)C(=O)Nc3sc4c(c3C#N)CCCC4)cc2Cl)cc1. The van der Waals surface area contributed by atoms with Crippen molar-refractivity contribution in [2.75, 3.05) is 17.2 Å². The molecular weight excluding hydrogens is 508 g/mol. The zero-order valence-electron chi connectivity index (χ0n) is 20.1. The fourth-order valence-corrected chi connectivity index (χ4v) is 5.44. The van der Waals surface area contributed by atoms with Crippen molar-refractivity contribution in [3.8, 4) is 17.9 Å². The van der Waals surface area contributed by atoms with E-state index in [0.717, 1.165) is 41.7 Å². The number of amides is 2. The van der Waals surface area contributed by atoms with Crippen molar-refractivity contribution < 1.29 is 14.3 Å². The molecule has 186 valence electrons. The molecule has 37 heavy (non-hydrogen) atoms. The molecule has 2 amide bonds. The van der Waals surface area contributed by atoms with Crippen LogP contribution in [0.1, 0.15) is 40.0 Å². The van der Waals surface area contributed by atoms with Gasteiger partial charge in [-0.05, 0) is 74.1 Å². The molecule has 0 bridgehead atoms. The van der Waals surface area contributed by atoms with Crippen LogP contribution >= 0.6 is 22.9 Å². The molecule has 0 fully saturated rings. The maximum absolute atomic E-state index is 12.8. The van der Waals surface area contributed by atoms with Crippen LogP contribution in [0.15, 0.2) is 48.0 Å². The highest BCUT2D eigenvalue weighted by atomic mass is 35.5. The van der Waals surface area contributed by atoms with E-state index in [0.29, 0.717) is 27.6 Å². The maximum atomic E-state index is 12.8. The van der Waals surface area contributed by atoms with Gasteiger partial charge in [0.2, 0.25) is 0 Å². The summed E-state index contributed by atoms with van der Waals surface area (Å²) in [5.41, 5.74) is 3.63. The van der Waals surface area contributed by atoms with E-state index in [-0.39, 0.29) is 23.1 Å². The number of carbonyl (C=O) groups is 2. The third kappa shape index (κ3) is 6.37. The molecular formula is C28H23ClN4O3S. The minimum absolute atomic E-state index is 0.127. The predicted molar refractivity (Wildman–Crippen MR) is 145 cm³/mol. The number of carbonyl (C=O) groups excluding carboxylic acids is 2. The van der Waals surface area contributed by atoms with Crippen molar-refractivity contribution in [1.82, 2.24) is 0 Å². The molecule has 0 radical (unpaired) electrons. The Hall–Kier alpha value is -4.11. The Balaban J connectivity index is 1.41. The molecule has 9 heteroatoms. The Morgan fingerprint density at radius 2 is 1.86 bits per heavy atom. The molecule has 4 rings (SSSR count). The van der Waals surface area contributed by atoms with Gasteiger partial charge in [0.25, 0.3) is 11.8 Å². The summed E-state index contributed by atoms with van der Waals surface area (Å²) >= 11 is 7.72. The number of rotatable bonds is 7. The third-order valence-electron chi connectivity index (χ3n) is 5.84. The zero-order valence-corrected chi connectivity index (χ0v) is 21.6. The first-order chi connectivity index (χ1) is 17.9. The van der Waals surface area contributed by atoms with E-state index in [1.54, 1.807) is 30.3 Å². The predicted octanol–water partition coefficient (Wildman–Crippen LogP) is 6.02. The topological polar surface area (TPSA) is 115 Å². The standard InChI is InChI=1S/C28H23ClN4O3S/c1-17-6-9-20(10-7-17)32-26(34)16-36-24-11-8-18(13-23(24)29)12-19(14-30)27(35)33-28-22(15-31)21-4-2-3-5-25(21)37-28/h6-13H,2-5,16H2,1H3,(H,32,34)(H,33,35)/b19-12+. The highest BCUT2D eigenvalue weighted by molar-refractivity contribution is 7.16. The smallest absolute Gasteiger partial charge is 0.266 e. The van der Waals surface area contributed by atoms with E-state index in [9.17, 15) is 20.1 Å². The van der Waals surface area contributed by atoms with Gasteiger partial charge in [0.15, 0.2) is 6.61 Å². The highest BCUT2D eigenvalue weighted by Gasteiger charge is 2.22. The van der Waals surface area contributed by atoms with E-state index < -0.39 is 5.91 Å². The summed E-state index contributed by atoms with van der Waals surface area (Å²) in [4.78, 5) is 26.1. The highest BCUT2D eigenvalue weighted by Crippen LogP contribution is 2.37. The number of ether oxygens (including phenoxy) is 1. The molecule has 0 unspecified atom stereocenters. The van der Waals surface area contributed by atoms with Crippen LogP contribution in [0.25, 0.3) is 6.08 Å². The quantitative estimate of drug-likeness (QED) is 0.286. The minimum Gasteiger partial charge on any atom is -0.482 e. The summed E-state index contributed by atoms with van der Waals surface area (Å²) in [5, 5.41) is 25.4. The number of nitrogens with zero attached hydrogens (tertiary/aromatic N) is 2. The van der Waals surface area contributed by atoms with Gasteiger partial charge in [0.05, 0.1) is 10.6 Å². The Labute approximate surface area is 223 Å². The zero-order chi connectivity index (χ0) is 26.4. The van der Waals surface area contributed by atoms with Crippen LogP contribution in [-0.2, 0) is 22.4 Å². The van der Waals surface area contributed by atoms with E-state index in [2.05, 4.69) is 16.7 Å². The Bertz CT molecular complexity index is 1460. The lowest BCUT2D eigenvalue weighted by molar-refractivity contribution is -0.118. The summed E-state index contributed by atoms with van der Waals surface area (Å²) in [6.45, 7) is 1.72. The fraction of sp³-hybridized carbons (Fsp3) is 0.214. The van der Waals surface area contributed by atoms with Crippen LogP contribution in [0, 0.1) is 29.6 Å². The molecule has 1 heterocycles. The number of fused-ring (bicyclic) bond motifs is 1. The number of nitrogens with one attached hydrogen (secondary N) is 2. The average molecular weight is 531 g/mol. The number of anilines is 2. The monoisotopic (exact) mass is 530 g/mol. The second kappa shape index (κ2) is 11.7. The fourth-order valence-electron chi connectivity index (χ4n) is 3.96. The van der Waals surface area contributed by atoms with E-state index in [1.807, 2.05) is 25.1 Å². The van der Waals surface area contributed by atoms with Gasteiger partial charge >= 0.3 is 0 Å². The van der Waals surface area contributed by atoms with Gasteiger partial charge in [-0.25, -0.2) is 0 Å². The second-order valence-corrected chi connectivity index (χ2v) is 10.1. The molecule has 2 aromatic carbocycles. The van der Waals surface area contributed by atoms with Gasteiger partial charge in [0.1, 0.15) is 28.5 Å². The lowest BCUT2D eigenvalue weighted by Crippen LogP contribution is -2.20. The summed E-state index contributed by atoms with van der Waals surface area (Å²) in [7, 11) is 0. The molecule has 0 spiro atoms. The number of thiophene rings is 1. The van der Waals surface area contributed by atoms with E-state index >= 15 is 0 Å². The van der Waals surface area contributed by atoms with Gasteiger partial charge < -0.3 is 15.4 Å². The third-order valence-corrected chi connectivity index (χ3v) is 7.34. The van der Waals surface area contributed by atoms with Crippen molar-refractivity contribution in [1.29, 1.82) is 10.5 Å². The minimum atomic E-state index is -0.596. The first-order valence-electron chi connectivity index (χ1n) is 11.6. The summed E-state index contributed by atoms with van der Waals surface area (Å²) < 4.78 is 5.53. The molecule has 1 aliphatic rings. The van der Waals surface area contributed by atoms with Crippen LogP contribution in [0.2, 0.25) is 5.02 Å². The molecule has 0 saturated heterocycles. The number of hydrogen-bond donors (Lipinski definition) is 2. The molecule has 0 saturated carbocycles. The maximum Gasteiger partial charge on any atom is 0.266 e. The molecule has 2 N–H and O–H groups in total. The lowest BCUT2D eigenvalue weighted by Gasteiger charge is -2.10. The molecule has 0 aliphatic heterocycles. The van der Waals surface area contributed by atoms with Crippen LogP contribution in [0.4, 0.5) is 10.7 Å². The van der Waals surface area contributed by atoms with E-state index in [1.165, 1.54) is 17.4 Å². The first kappa shape index (κ1) is 26.0. The number of halogens is 1. The van der Waals surface area contributed by atoms with Crippen LogP contribution in [0.3, 0.4) is 0 Å². The molecule has 3 aromatic rings. The van der Waals surface area contributed by atoms with Gasteiger partial charge in [0, 0.05) is 10.6 Å². The Kier molecular flexibility index (Phi) is 8.25. The van der Waals surface area contributed by atoms with Crippen molar-refractivity contribution >= 4 is 51.5 Å². The summed E-state index contributed by atoms with van der Waals surface area (Å²) in [6.07, 6.45) is 5.22. The molecule has 7 nitrogen and oxygen atoms in total. The van der Waals surface area contributed by atoms with E-state index in [4.69, 9.17) is 16.3 Å². The number of aryl methyl sites for hydroxylation is 2. The van der Waals surface area contributed by atoms with Crippen molar-refractivity contribution in [2.24, 2.45) is 0 Å². The molecule has 0 atom stereocenters. The van der Waals surface area contributed by atoms with Crippen LogP contribution < -0.4 is 15.4 Å². The van der Waals surface area contributed by atoms with Crippen LogP contribution in [0.5, 0.6) is 5.75 Å². The van der Waals surface area contributed by atoms with Crippen molar-refractivity contribution in [2.45, 2.75) is 32.6 Å². The summed E-state index contributed by atoms with van der Waals surface area (Å²) in [5.74, 6) is -0.634. The molecule has 1 aromatic heterocycles. The summed E-state index contributed by atoms with van der Waals surface area (Å²) in [6, 6.07) is 16.3. The van der Waals surface area contributed by atoms with Crippen LogP contribution in [-0.4, -0.2) is 18.4 Å². The Morgan fingerprint density at radius 1 is 1.11 bits per heavy atom. The average Bonchev–Trinajstić information content (AvgIpc) is 3.24. The normalized spacial score (nSPS) is 12.6. The number of nitriles is 2. The molecule has 1 aliphatic carbocycles. The van der Waals surface area contributed by atoms with Gasteiger partial charge in [-0.3, -0.25) is 9.59 Å². The first-order valence-corrected chi connectivity index (χ1v) is 12.8. The van der Waals surface area contributed by atoms with Crippen molar-refractivity contribution in [3.63, 3.8) is 0 Å². The number of hydrogen-bond acceptors (Lipinski definition) is 6. The lowest BCUT2D eigenvalue weighted by atomic mass is 9.96. The van der Waals surface area contributed by atoms with Gasteiger partial charge in [-0.15, -0.1) is 11.3 Å².